The molecule has 1 rings (SSSR count). The number of rotatable bonds is 2. The summed E-state index contributed by atoms with van der Waals surface area (Å²) in [6.07, 6.45) is 1.09. The molecule has 1 aromatic heterocycles. The SMILES string of the molecule is CS(=O)(=O)Nc1ccsn1. The zero-order valence-corrected chi connectivity index (χ0v) is 6.87. The van der Waals surface area contributed by atoms with E-state index in [4.69, 9.17) is 0 Å². The minimum atomic E-state index is -3.15. The molecule has 56 valence electrons. The van der Waals surface area contributed by atoms with Gasteiger partial charge in [0.25, 0.3) is 0 Å². The van der Waals surface area contributed by atoms with Crippen molar-refractivity contribution >= 4 is 27.4 Å². The van der Waals surface area contributed by atoms with Crippen molar-refractivity contribution in [1.29, 1.82) is 0 Å². The van der Waals surface area contributed by atoms with Crippen LogP contribution in [0, 0.1) is 0 Å². The van der Waals surface area contributed by atoms with Crippen molar-refractivity contribution in [3.63, 3.8) is 0 Å². The number of aromatic nitrogens is 1. The van der Waals surface area contributed by atoms with Gasteiger partial charge in [0.05, 0.1) is 6.26 Å². The normalized spacial score (nSPS) is 11.3. The highest BCUT2D eigenvalue weighted by Crippen LogP contribution is 2.06. The fourth-order valence-corrected chi connectivity index (χ4v) is 1.48. The van der Waals surface area contributed by atoms with Gasteiger partial charge in [0.15, 0.2) is 5.82 Å². The maximum atomic E-state index is 10.6. The highest BCUT2D eigenvalue weighted by atomic mass is 32.2. The average molecular weight is 178 g/mol. The van der Waals surface area contributed by atoms with Crippen LogP contribution in [0.5, 0.6) is 0 Å². The summed E-state index contributed by atoms with van der Waals surface area (Å²) in [5.74, 6) is 0.382. The van der Waals surface area contributed by atoms with E-state index in [9.17, 15) is 8.42 Å². The summed E-state index contributed by atoms with van der Waals surface area (Å²) in [7, 11) is -3.15. The first kappa shape index (κ1) is 7.49. The fourth-order valence-electron chi connectivity index (χ4n) is 0.455. The van der Waals surface area contributed by atoms with Gasteiger partial charge in [-0.05, 0) is 17.6 Å². The third-order valence-corrected chi connectivity index (χ3v) is 1.87. The molecule has 0 spiro atoms. The molecule has 0 fully saturated rings. The molecule has 0 atom stereocenters. The van der Waals surface area contributed by atoms with Gasteiger partial charge in [0.1, 0.15) is 0 Å². The zero-order valence-electron chi connectivity index (χ0n) is 5.23. The van der Waals surface area contributed by atoms with Crippen LogP contribution < -0.4 is 4.72 Å². The van der Waals surface area contributed by atoms with E-state index in [1.807, 2.05) is 0 Å². The first-order valence-corrected chi connectivity index (χ1v) is 5.19. The van der Waals surface area contributed by atoms with Gasteiger partial charge in [-0.2, -0.15) is 4.37 Å². The van der Waals surface area contributed by atoms with Crippen LogP contribution in [-0.4, -0.2) is 19.0 Å². The molecule has 0 saturated heterocycles. The number of nitrogens with one attached hydrogen (secondary N) is 1. The van der Waals surface area contributed by atoms with Crippen LogP contribution in [0.3, 0.4) is 0 Å². The lowest BCUT2D eigenvalue weighted by atomic mass is 10.7. The van der Waals surface area contributed by atoms with Crippen LogP contribution in [0.2, 0.25) is 0 Å². The van der Waals surface area contributed by atoms with Gasteiger partial charge in [-0.1, -0.05) is 0 Å². The third kappa shape index (κ3) is 2.32. The maximum absolute atomic E-state index is 10.6. The van der Waals surface area contributed by atoms with E-state index in [-0.39, 0.29) is 0 Å². The maximum Gasteiger partial charge on any atom is 0.230 e. The molecule has 0 radical (unpaired) electrons. The highest BCUT2D eigenvalue weighted by Gasteiger charge is 2.01. The van der Waals surface area contributed by atoms with Crippen LogP contribution in [0.4, 0.5) is 5.82 Å². The van der Waals surface area contributed by atoms with Crippen molar-refractivity contribution in [2.75, 3.05) is 11.0 Å². The summed E-state index contributed by atoms with van der Waals surface area (Å²) in [4.78, 5) is 0. The van der Waals surface area contributed by atoms with E-state index in [2.05, 4.69) is 9.10 Å². The zero-order chi connectivity index (χ0) is 7.61. The van der Waals surface area contributed by atoms with E-state index < -0.39 is 10.0 Å². The van der Waals surface area contributed by atoms with Crippen molar-refractivity contribution in [3.05, 3.63) is 11.4 Å². The second kappa shape index (κ2) is 2.55. The van der Waals surface area contributed by atoms with Crippen molar-refractivity contribution in [2.45, 2.75) is 0 Å². The summed E-state index contributed by atoms with van der Waals surface area (Å²) in [5.41, 5.74) is 0. The Morgan fingerprint density at radius 2 is 2.40 bits per heavy atom. The Balaban J connectivity index is 2.75. The Morgan fingerprint density at radius 3 is 2.80 bits per heavy atom. The fraction of sp³-hybridized carbons (Fsp3) is 0.250. The van der Waals surface area contributed by atoms with Crippen LogP contribution in [0.15, 0.2) is 11.4 Å². The Labute approximate surface area is 63.1 Å². The molecule has 6 heteroatoms. The Hall–Kier alpha value is -0.620. The van der Waals surface area contributed by atoms with E-state index in [0.29, 0.717) is 5.82 Å². The van der Waals surface area contributed by atoms with Crippen molar-refractivity contribution in [3.8, 4) is 0 Å². The van der Waals surface area contributed by atoms with Crippen molar-refractivity contribution in [1.82, 2.24) is 4.37 Å². The summed E-state index contributed by atoms with van der Waals surface area (Å²) < 4.78 is 27.1. The molecule has 0 aliphatic carbocycles. The number of hydrogen-bond donors (Lipinski definition) is 1. The molecule has 1 heterocycles. The third-order valence-electron chi connectivity index (χ3n) is 0.728. The van der Waals surface area contributed by atoms with Crippen molar-refractivity contribution < 1.29 is 8.42 Å². The van der Waals surface area contributed by atoms with E-state index >= 15 is 0 Å². The topological polar surface area (TPSA) is 59.1 Å². The van der Waals surface area contributed by atoms with Gasteiger partial charge in [-0.15, -0.1) is 0 Å². The monoisotopic (exact) mass is 178 g/mol. The lowest BCUT2D eigenvalue weighted by Gasteiger charge is -1.95. The Morgan fingerprint density at radius 1 is 1.70 bits per heavy atom. The number of nitrogens with zero attached hydrogens (tertiary/aromatic N) is 1. The summed E-state index contributed by atoms with van der Waals surface area (Å²) >= 11 is 1.20. The molecule has 10 heavy (non-hydrogen) atoms. The summed E-state index contributed by atoms with van der Waals surface area (Å²) in [6, 6.07) is 1.60. The second-order valence-corrected chi connectivity index (χ2v) is 4.17. The Bertz CT molecular complexity index is 289. The minimum Gasteiger partial charge on any atom is -0.267 e. The van der Waals surface area contributed by atoms with Crippen LogP contribution in [0.25, 0.3) is 0 Å². The first-order valence-electron chi connectivity index (χ1n) is 2.46. The lowest BCUT2D eigenvalue weighted by Crippen LogP contribution is -2.09. The van der Waals surface area contributed by atoms with Gasteiger partial charge in [0.2, 0.25) is 10.0 Å². The molecule has 0 aliphatic rings. The molecule has 0 bridgehead atoms. The van der Waals surface area contributed by atoms with Gasteiger partial charge < -0.3 is 0 Å². The quantitative estimate of drug-likeness (QED) is 0.718. The van der Waals surface area contributed by atoms with Crippen LogP contribution in [0.1, 0.15) is 0 Å². The standard InChI is InChI=1S/C4H6N2O2S2/c1-10(7,8)6-4-2-3-9-5-4/h2-3H,1H3,(H,5,6). The second-order valence-electron chi connectivity index (χ2n) is 1.76. The lowest BCUT2D eigenvalue weighted by molar-refractivity contribution is 0.606. The van der Waals surface area contributed by atoms with E-state index in [0.717, 1.165) is 6.26 Å². The smallest absolute Gasteiger partial charge is 0.230 e. The van der Waals surface area contributed by atoms with Crippen LogP contribution in [-0.2, 0) is 10.0 Å². The molecule has 0 aliphatic heterocycles. The molecule has 1 N–H and O–H groups in total. The van der Waals surface area contributed by atoms with Gasteiger partial charge in [-0.3, -0.25) is 4.72 Å². The van der Waals surface area contributed by atoms with Gasteiger partial charge >= 0.3 is 0 Å². The molecule has 1 aromatic rings. The molecule has 4 nitrogen and oxygen atoms in total. The number of hydrogen-bond acceptors (Lipinski definition) is 4. The molecular formula is C4H6N2O2S2. The number of sulfonamides is 1. The van der Waals surface area contributed by atoms with E-state index in [1.165, 1.54) is 11.5 Å². The van der Waals surface area contributed by atoms with Gasteiger partial charge in [-0.25, -0.2) is 8.42 Å². The van der Waals surface area contributed by atoms with E-state index in [1.54, 1.807) is 11.4 Å². The predicted molar refractivity (Wildman–Crippen MR) is 40.6 cm³/mol. The highest BCUT2D eigenvalue weighted by molar-refractivity contribution is 7.92. The Kier molecular flexibility index (Phi) is 1.91. The minimum absolute atomic E-state index is 0.382. The first-order chi connectivity index (χ1) is 4.58. The van der Waals surface area contributed by atoms with Crippen molar-refractivity contribution in [2.24, 2.45) is 0 Å². The number of anilines is 1. The molecule has 0 amide bonds. The summed E-state index contributed by atoms with van der Waals surface area (Å²) in [6.45, 7) is 0. The molecule has 0 unspecified atom stereocenters. The molecule has 0 aromatic carbocycles. The van der Waals surface area contributed by atoms with Crippen LogP contribution >= 0.6 is 11.5 Å². The molecular weight excluding hydrogens is 172 g/mol. The van der Waals surface area contributed by atoms with Gasteiger partial charge in [0, 0.05) is 5.38 Å². The summed E-state index contributed by atoms with van der Waals surface area (Å²) in [5, 5.41) is 1.70. The average Bonchev–Trinajstić information content (AvgIpc) is 2.12. The molecule has 0 saturated carbocycles. The largest absolute Gasteiger partial charge is 0.267 e. The predicted octanol–water partition coefficient (Wildman–Crippen LogP) is 0.515.